The summed E-state index contributed by atoms with van der Waals surface area (Å²) in [5.41, 5.74) is -0.107. The van der Waals surface area contributed by atoms with Gasteiger partial charge in [0.2, 0.25) is 11.8 Å². The van der Waals surface area contributed by atoms with E-state index >= 15 is 0 Å². The first-order chi connectivity index (χ1) is 17.7. The maximum Gasteiger partial charge on any atom is 0.327 e. The normalized spacial score (nSPS) is 24.7. The van der Waals surface area contributed by atoms with E-state index in [4.69, 9.17) is 14.2 Å². The van der Waals surface area contributed by atoms with Gasteiger partial charge in [0.1, 0.15) is 17.0 Å². The number of methoxy groups -OCH3 is 2. The van der Waals surface area contributed by atoms with Crippen LogP contribution in [0.3, 0.4) is 0 Å². The SMILES string of the molecule is CCC[C@]1(C(=O)OCC)N[C@H](c2ccc(OC)cc2OC)[C@H]2C(=O)N(c3cccc(C(C)=O)c3)C(=O)[C@@H]21. The molecule has 0 aliphatic carbocycles. The Hall–Kier alpha value is -3.72. The van der Waals surface area contributed by atoms with E-state index in [0.717, 1.165) is 4.90 Å². The molecule has 0 bridgehead atoms. The minimum absolute atomic E-state index is 0.131. The quantitative estimate of drug-likeness (QED) is 0.312. The smallest absolute Gasteiger partial charge is 0.327 e. The molecule has 37 heavy (non-hydrogen) atoms. The van der Waals surface area contributed by atoms with Crippen LogP contribution in [0.4, 0.5) is 5.69 Å². The van der Waals surface area contributed by atoms with E-state index in [2.05, 4.69) is 5.32 Å². The zero-order valence-electron chi connectivity index (χ0n) is 21.7. The maximum atomic E-state index is 14.0. The summed E-state index contributed by atoms with van der Waals surface area (Å²) < 4.78 is 16.4. The molecule has 196 valence electrons. The van der Waals surface area contributed by atoms with Gasteiger partial charge in [-0.25, -0.2) is 4.90 Å². The number of carbonyl (C=O) groups is 4. The molecule has 2 fully saturated rings. The molecule has 0 radical (unpaired) electrons. The summed E-state index contributed by atoms with van der Waals surface area (Å²) in [6, 6.07) is 10.9. The fourth-order valence-corrected chi connectivity index (χ4v) is 5.64. The Labute approximate surface area is 216 Å². The average molecular weight is 509 g/mol. The molecule has 2 aromatic rings. The molecule has 9 heteroatoms. The lowest BCUT2D eigenvalue weighted by molar-refractivity contribution is -0.155. The summed E-state index contributed by atoms with van der Waals surface area (Å²) in [6.07, 6.45) is 0.866. The summed E-state index contributed by atoms with van der Waals surface area (Å²) in [4.78, 5) is 54.7. The number of nitrogens with one attached hydrogen (secondary N) is 1. The van der Waals surface area contributed by atoms with Crippen molar-refractivity contribution in [3.8, 4) is 11.5 Å². The van der Waals surface area contributed by atoms with Crippen LogP contribution in [0, 0.1) is 11.8 Å². The molecule has 0 aromatic heterocycles. The molecule has 2 amide bonds. The molecule has 4 atom stereocenters. The van der Waals surface area contributed by atoms with E-state index in [1.807, 2.05) is 6.92 Å². The van der Waals surface area contributed by atoms with Crippen molar-refractivity contribution in [2.45, 2.75) is 45.2 Å². The van der Waals surface area contributed by atoms with E-state index in [0.29, 0.717) is 41.2 Å². The largest absolute Gasteiger partial charge is 0.497 e. The molecule has 2 saturated heterocycles. The Morgan fingerprint density at radius 2 is 1.78 bits per heavy atom. The van der Waals surface area contributed by atoms with Crippen LogP contribution in [0.25, 0.3) is 0 Å². The van der Waals surface area contributed by atoms with Crippen LogP contribution in [-0.2, 0) is 19.1 Å². The highest BCUT2D eigenvalue weighted by Crippen LogP contribution is 2.53. The Kier molecular flexibility index (Phi) is 7.36. The molecular formula is C28H32N2O7. The van der Waals surface area contributed by atoms with Crippen LogP contribution >= 0.6 is 0 Å². The van der Waals surface area contributed by atoms with E-state index in [-0.39, 0.29) is 12.4 Å². The van der Waals surface area contributed by atoms with Crippen molar-refractivity contribution in [1.82, 2.24) is 5.32 Å². The van der Waals surface area contributed by atoms with Crippen LogP contribution in [-0.4, -0.2) is 49.9 Å². The van der Waals surface area contributed by atoms with Crippen molar-refractivity contribution in [1.29, 1.82) is 0 Å². The van der Waals surface area contributed by atoms with E-state index in [9.17, 15) is 19.2 Å². The number of esters is 1. The Morgan fingerprint density at radius 1 is 1.03 bits per heavy atom. The summed E-state index contributed by atoms with van der Waals surface area (Å²) in [5, 5.41) is 3.37. The molecule has 2 aromatic carbocycles. The molecule has 0 unspecified atom stereocenters. The predicted octanol–water partition coefficient (Wildman–Crippen LogP) is 3.46. The number of carbonyl (C=O) groups excluding carboxylic acids is 4. The molecule has 4 rings (SSSR count). The number of fused-ring (bicyclic) bond motifs is 1. The first-order valence-electron chi connectivity index (χ1n) is 12.4. The van der Waals surface area contributed by atoms with Gasteiger partial charge in [-0.1, -0.05) is 31.5 Å². The third-order valence-corrected chi connectivity index (χ3v) is 7.22. The number of benzene rings is 2. The van der Waals surface area contributed by atoms with Gasteiger partial charge in [0.05, 0.1) is 38.3 Å². The predicted molar refractivity (Wildman–Crippen MR) is 136 cm³/mol. The second-order valence-electron chi connectivity index (χ2n) is 9.29. The van der Waals surface area contributed by atoms with Gasteiger partial charge in [0.15, 0.2) is 5.78 Å². The van der Waals surface area contributed by atoms with Crippen molar-refractivity contribution in [3.05, 3.63) is 53.6 Å². The van der Waals surface area contributed by atoms with Gasteiger partial charge in [-0.05, 0) is 38.5 Å². The van der Waals surface area contributed by atoms with Gasteiger partial charge in [-0.15, -0.1) is 0 Å². The van der Waals surface area contributed by atoms with Crippen molar-refractivity contribution in [3.63, 3.8) is 0 Å². The highest BCUT2D eigenvalue weighted by Gasteiger charge is 2.69. The summed E-state index contributed by atoms with van der Waals surface area (Å²) >= 11 is 0. The maximum absolute atomic E-state index is 14.0. The summed E-state index contributed by atoms with van der Waals surface area (Å²) in [7, 11) is 3.05. The first-order valence-corrected chi connectivity index (χ1v) is 12.4. The minimum atomic E-state index is -1.41. The van der Waals surface area contributed by atoms with Crippen molar-refractivity contribution < 1.29 is 33.4 Å². The van der Waals surface area contributed by atoms with E-state index in [1.54, 1.807) is 43.3 Å². The molecule has 2 aliphatic rings. The lowest BCUT2D eigenvalue weighted by atomic mass is 9.77. The van der Waals surface area contributed by atoms with Gasteiger partial charge in [0, 0.05) is 23.2 Å². The van der Waals surface area contributed by atoms with Crippen LogP contribution < -0.4 is 19.7 Å². The molecule has 0 spiro atoms. The van der Waals surface area contributed by atoms with Crippen molar-refractivity contribution >= 4 is 29.3 Å². The number of amides is 2. The van der Waals surface area contributed by atoms with Crippen LogP contribution in [0.15, 0.2) is 42.5 Å². The fraction of sp³-hybridized carbons (Fsp3) is 0.429. The summed E-state index contributed by atoms with van der Waals surface area (Å²) in [6.45, 7) is 5.17. The number of ether oxygens (including phenoxy) is 3. The standard InChI is InChI=1S/C28H32N2O7/c1-6-13-28(27(34)37-7-2)23-22(24(29-28)20-12-11-19(35-4)15-21(20)36-5)25(32)30(26(23)33)18-10-8-9-17(14-18)16(3)31/h8-12,14-15,22-24,29H,6-7,13H2,1-5H3/t22-,23+,24+,28-/m0/s1. The zero-order valence-corrected chi connectivity index (χ0v) is 21.7. The third kappa shape index (κ3) is 4.27. The second-order valence-corrected chi connectivity index (χ2v) is 9.29. The van der Waals surface area contributed by atoms with Crippen molar-refractivity contribution in [2.75, 3.05) is 25.7 Å². The molecule has 0 saturated carbocycles. The number of hydrogen-bond acceptors (Lipinski definition) is 8. The number of anilines is 1. The summed E-state index contributed by atoms with van der Waals surface area (Å²) in [5.74, 6) is -2.57. The molecule has 1 N–H and O–H groups in total. The number of rotatable bonds is 9. The van der Waals surface area contributed by atoms with Crippen molar-refractivity contribution in [2.24, 2.45) is 11.8 Å². The number of imide groups is 1. The lowest BCUT2D eigenvalue weighted by Gasteiger charge is -2.33. The fourth-order valence-electron chi connectivity index (χ4n) is 5.64. The van der Waals surface area contributed by atoms with Crippen LogP contribution in [0.1, 0.15) is 55.6 Å². The monoisotopic (exact) mass is 508 g/mol. The van der Waals surface area contributed by atoms with Gasteiger partial charge in [-0.2, -0.15) is 0 Å². The van der Waals surface area contributed by atoms with E-state index < -0.39 is 41.2 Å². The average Bonchev–Trinajstić information content (AvgIpc) is 3.37. The van der Waals surface area contributed by atoms with E-state index in [1.165, 1.54) is 27.2 Å². The van der Waals surface area contributed by atoms with Crippen LogP contribution in [0.2, 0.25) is 0 Å². The zero-order chi connectivity index (χ0) is 26.9. The number of nitrogens with zero attached hydrogens (tertiary/aromatic N) is 1. The number of ketones is 1. The third-order valence-electron chi connectivity index (χ3n) is 7.22. The Balaban J connectivity index is 1.90. The highest BCUT2D eigenvalue weighted by molar-refractivity contribution is 6.24. The highest BCUT2D eigenvalue weighted by atomic mass is 16.5. The first kappa shape index (κ1) is 26.3. The van der Waals surface area contributed by atoms with Gasteiger partial charge in [-0.3, -0.25) is 24.5 Å². The topological polar surface area (TPSA) is 111 Å². The Morgan fingerprint density at radius 3 is 2.41 bits per heavy atom. The van der Waals surface area contributed by atoms with Gasteiger partial charge in [0.25, 0.3) is 0 Å². The van der Waals surface area contributed by atoms with Gasteiger partial charge >= 0.3 is 5.97 Å². The van der Waals surface area contributed by atoms with Gasteiger partial charge < -0.3 is 14.2 Å². The molecule has 2 heterocycles. The second kappa shape index (κ2) is 10.3. The minimum Gasteiger partial charge on any atom is -0.497 e. The molecular weight excluding hydrogens is 476 g/mol. The Bertz CT molecular complexity index is 1240. The molecule has 9 nitrogen and oxygen atoms in total. The number of Topliss-reactive ketones (excluding diaryl/α,β-unsaturated/α-hetero) is 1. The molecule has 2 aliphatic heterocycles. The number of hydrogen-bond donors (Lipinski definition) is 1. The lowest BCUT2D eigenvalue weighted by Crippen LogP contribution is -2.56. The van der Waals surface area contributed by atoms with Crippen LogP contribution in [0.5, 0.6) is 11.5 Å².